The standard InChI is InChI=1S/C20H34N6O2/c1-5-21-20(22-14-18-23-15(2)17(4)28-18)26-12-10-24(11-13-26)16(3)19(27)25-8-6-7-9-25/h16H,5-14H2,1-4H3,(H,21,22). The molecule has 3 rings (SSSR count). The second-order valence-corrected chi connectivity index (χ2v) is 7.65. The van der Waals surface area contributed by atoms with E-state index in [0.717, 1.165) is 76.1 Å². The molecule has 2 fully saturated rings. The first-order valence-electron chi connectivity index (χ1n) is 10.5. The van der Waals surface area contributed by atoms with Gasteiger partial charge in [0.25, 0.3) is 0 Å². The molecule has 3 heterocycles. The van der Waals surface area contributed by atoms with E-state index >= 15 is 0 Å². The van der Waals surface area contributed by atoms with Crippen molar-refractivity contribution in [3.05, 3.63) is 17.3 Å². The molecule has 0 saturated carbocycles. The smallest absolute Gasteiger partial charge is 0.239 e. The van der Waals surface area contributed by atoms with Crippen LogP contribution in [0.5, 0.6) is 0 Å². The predicted octanol–water partition coefficient (Wildman–Crippen LogP) is 1.39. The number of nitrogens with one attached hydrogen (secondary N) is 1. The summed E-state index contributed by atoms with van der Waals surface area (Å²) < 4.78 is 5.64. The molecule has 1 unspecified atom stereocenters. The maximum atomic E-state index is 12.7. The van der Waals surface area contributed by atoms with Gasteiger partial charge >= 0.3 is 0 Å². The van der Waals surface area contributed by atoms with Crippen molar-refractivity contribution in [2.24, 2.45) is 4.99 Å². The van der Waals surface area contributed by atoms with E-state index in [9.17, 15) is 4.79 Å². The molecule has 8 nitrogen and oxygen atoms in total. The van der Waals surface area contributed by atoms with Crippen LogP contribution in [0.25, 0.3) is 0 Å². The van der Waals surface area contributed by atoms with E-state index < -0.39 is 0 Å². The van der Waals surface area contributed by atoms with Crippen molar-refractivity contribution in [1.29, 1.82) is 0 Å². The van der Waals surface area contributed by atoms with Crippen LogP contribution >= 0.6 is 0 Å². The van der Waals surface area contributed by atoms with Crippen molar-refractivity contribution in [3.8, 4) is 0 Å². The minimum absolute atomic E-state index is 0.0435. The number of guanidine groups is 1. The Balaban J connectivity index is 1.56. The molecule has 0 spiro atoms. The van der Waals surface area contributed by atoms with Gasteiger partial charge in [-0.1, -0.05) is 0 Å². The SMILES string of the molecule is CCNC(=NCc1nc(C)c(C)o1)N1CCN(C(C)C(=O)N2CCCC2)CC1. The van der Waals surface area contributed by atoms with Crippen molar-refractivity contribution in [2.75, 3.05) is 45.8 Å². The van der Waals surface area contributed by atoms with Crippen molar-refractivity contribution in [3.63, 3.8) is 0 Å². The molecule has 0 radical (unpaired) electrons. The van der Waals surface area contributed by atoms with Crippen LogP contribution in [0, 0.1) is 13.8 Å². The summed E-state index contributed by atoms with van der Waals surface area (Å²) in [5.74, 6) is 2.66. The van der Waals surface area contributed by atoms with E-state index in [4.69, 9.17) is 9.41 Å². The maximum Gasteiger partial charge on any atom is 0.239 e. The summed E-state index contributed by atoms with van der Waals surface area (Å²) in [6, 6.07) is -0.0435. The summed E-state index contributed by atoms with van der Waals surface area (Å²) in [6.07, 6.45) is 2.27. The highest BCUT2D eigenvalue weighted by Crippen LogP contribution is 2.14. The minimum atomic E-state index is -0.0435. The number of aliphatic imine (C=N–C) groups is 1. The van der Waals surface area contributed by atoms with Gasteiger partial charge in [0.1, 0.15) is 12.3 Å². The molecule has 28 heavy (non-hydrogen) atoms. The number of aromatic nitrogens is 1. The quantitative estimate of drug-likeness (QED) is 0.605. The number of piperazine rings is 1. The van der Waals surface area contributed by atoms with E-state index in [1.807, 2.05) is 25.7 Å². The lowest BCUT2D eigenvalue weighted by Crippen LogP contribution is -2.57. The predicted molar refractivity (Wildman–Crippen MR) is 109 cm³/mol. The molecule has 2 saturated heterocycles. The number of amides is 1. The Labute approximate surface area is 168 Å². The van der Waals surface area contributed by atoms with Gasteiger partial charge < -0.3 is 19.5 Å². The van der Waals surface area contributed by atoms with Gasteiger partial charge in [0.15, 0.2) is 5.96 Å². The number of oxazole rings is 1. The lowest BCUT2D eigenvalue weighted by atomic mass is 10.2. The van der Waals surface area contributed by atoms with Crippen molar-refractivity contribution in [2.45, 2.75) is 53.1 Å². The first kappa shape index (κ1) is 20.6. The molecule has 8 heteroatoms. The Morgan fingerprint density at radius 3 is 2.39 bits per heavy atom. The van der Waals surface area contributed by atoms with Crippen LogP contribution in [-0.2, 0) is 11.3 Å². The van der Waals surface area contributed by atoms with Crippen LogP contribution in [-0.4, -0.2) is 83.4 Å². The van der Waals surface area contributed by atoms with Crippen LogP contribution < -0.4 is 5.32 Å². The average Bonchev–Trinajstić information content (AvgIpc) is 3.34. The van der Waals surface area contributed by atoms with Gasteiger partial charge in [0.05, 0.1) is 11.7 Å². The molecule has 0 aromatic carbocycles. The third-order valence-corrected chi connectivity index (χ3v) is 5.71. The molecule has 1 aromatic heterocycles. The first-order valence-corrected chi connectivity index (χ1v) is 10.5. The fourth-order valence-electron chi connectivity index (χ4n) is 3.85. The Morgan fingerprint density at radius 2 is 1.82 bits per heavy atom. The number of carbonyl (C=O) groups excluding carboxylic acids is 1. The van der Waals surface area contributed by atoms with Gasteiger partial charge in [-0.3, -0.25) is 9.69 Å². The second-order valence-electron chi connectivity index (χ2n) is 7.65. The molecule has 1 N–H and O–H groups in total. The van der Waals surface area contributed by atoms with E-state index in [-0.39, 0.29) is 11.9 Å². The first-order chi connectivity index (χ1) is 13.5. The van der Waals surface area contributed by atoms with Crippen molar-refractivity contribution in [1.82, 2.24) is 25.0 Å². The molecule has 0 bridgehead atoms. The molecule has 156 valence electrons. The van der Waals surface area contributed by atoms with Gasteiger partial charge in [0.2, 0.25) is 11.8 Å². The fourth-order valence-corrected chi connectivity index (χ4v) is 3.85. The van der Waals surface area contributed by atoms with E-state index in [1.54, 1.807) is 0 Å². The second kappa shape index (κ2) is 9.41. The molecule has 2 aliphatic heterocycles. The zero-order chi connectivity index (χ0) is 20.1. The zero-order valence-corrected chi connectivity index (χ0v) is 17.7. The summed E-state index contributed by atoms with van der Waals surface area (Å²) in [5, 5.41) is 3.37. The molecule has 2 aliphatic rings. The Bertz CT molecular complexity index is 667. The van der Waals surface area contributed by atoms with Crippen LogP contribution in [0.15, 0.2) is 9.41 Å². The largest absolute Gasteiger partial charge is 0.444 e. The van der Waals surface area contributed by atoms with E-state index in [1.165, 1.54) is 0 Å². The Morgan fingerprint density at radius 1 is 1.14 bits per heavy atom. The van der Waals surface area contributed by atoms with Crippen LogP contribution in [0.4, 0.5) is 0 Å². The normalized spacial score (nSPS) is 19.9. The van der Waals surface area contributed by atoms with Crippen LogP contribution in [0.2, 0.25) is 0 Å². The lowest BCUT2D eigenvalue weighted by molar-refractivity contribution is -0.135. The number of aryl methyl sites for hydroxylation is 2. The zero-order valence-electron chi connectivity index (χ0n) is 17.7. The van der Waals surface area contributed by atoms with Crippen LogP contribution in [0.3, 0.4) is 0 Å². The third kappa shape index (κ3) is 4.84. The van der Waals surface area contributed by atoms with Gasteiger partial charge in [-0.2, -0.15) is 0 Å². The molecule has 0 aliphatic carbocycles. The van der Waals surface area contributed by atoms with E-state index in [2.05, 4.69) is 27.0 Å². The number of hydrogen-bond donors (Lipinski definition) is 1. The molecular weight excluding hydrogens is 356 g/mol. The molecule has 1 aromatic rings. The highest BCUT2D eigenvalue weighted by molar-refractivity contribution is 5.82. The molecule has 1 atom stereocenters. The lowest BCUT2D eigenvalue weighted by Gasteiger charge is -2.39. The number of nitrogens with zero attached hydrogens (tertiary/aromatic N) is 5. The summed E-state index contributed by atoms with van der Waals surface area (Å²) in [4.78, 5) is 28.4. The highest BCUT2D eigenvalue weighted by Gasteiger charge is 2.30. The Kier molecular flexibility index (Phi) is 6.93. The summed E-state index contributed by atoms with van der Waals surface area (Å²) in [7, 11) is 0. The maximum absolute atomic E-state index is 12.7. The summed E-state index contributed by atoms with van der Waals surface area (Å²) in [6.45, 7) is 14.5. The summed E-state index contributed by atoms with van der Waals surface area (Å²) >= 11 is 0. The number of hydrogen-bond acceptors (Lipinski definition) is 5. The van der Waals surface area contributed by atoms with E-state index in [0.29, 0.717) is 12.4 Å². The number of likely N-dealkylation sites (tertiary alicyclic amines) is 1. The summed E-state index contributed by atoms with van der Waals surface area (Å²) in [5.41, 5.74) is 0.917. The highest BCUT2D eigenvalue weighted by atomic mass is 16.4. The van der Waals surface area contributed by atoms with Crippen molar-refractivity contribution >= 4 is 11.9 Å². The van der Waals surface area contributed by atoms with Gasteiger partial charge in [-0.05, 0) is 40.5 Å². The van der Waals surface area contributed by atoms with Gasteiger partial charge in [0, 0.05) is 45.8 Å². The number of rotatable bonds is 5. The number of carbonyl (C=O) groups is 1. The topological polar surface area (TPSA) is 77.2 Å². The molecule has 1 amide bonds. The van der Waals surface area contributed by atoms with Gasteiger partial charge in [-0.25, -0.2) is 9.98 Å². The minimum Gasteiger partial charge on any atom is -0.444 e. The van der Waals surface area contributed by atoms with Crippen LogP contribution in [0.1, 0.15) is 44.0 Å². The third-order valence-electron chi connectivity index (χ3n) is 5.71. The Hall–Kier alpha value is -2.09. The molecular formula is C20H34N6O2. The van der Waals surface area contributed by atoms with Gasteiger partial charge in [-0.15, -0.1) is 0 Å². The average molecular weight is 391 g/mol. The fraction of sp³-hybridized carbons (Fsp3) is 0.750. The monoisotopic (exact) mass is 390 g/mol. The van der Waals surface area contributed by atoms with Crippen molar-refractivity contribution < 1.29 is 9.21 Å².